The van der Waals surface area contributed by atoms with Crippen LogP contribution in [-0.2, 0) is 19.5 Å². The molecule has 2 aliphatic heterocycles. The van der Waals surface area contributed by atoms with Gasteiger partial charge in [0.05, 0.1) is 16.8 Å². The van der Waals surface area contributed by atoms with Gasteiger partial charge < -0.3 is 0 Å². The van der Waals surface area contributed by atoms with E-state index in [1.165, 1.54) is 32.7 Å². The second-order valence-corrected chi connectivity index (χ2v) is 9.75. The fraction of sp³-hybridized carbons (Fsp3) is 0.308. The molecule has 1 N–H and O–H groups in total. The lowest BCUT2D eigenvalue weighted by Crippen LogP contribution is -2.30. The lowest BCUT2D eigenvalue weighted by molar-refractivity contribution is 0.0652. The summed E-state index contributed by atoms with van der Waals surface area (Å²) in [5.41, 5.74) is 3.31. The van der Waals surface area contributed by atoms with Gasteiger partial charge in [-0.15, -0.1) is 11.3 Å². The maximum Gasteiger partial charge on any atom is 0.261 e. The predicted molar refractivity (Wildman–Crippen MR) is 131 cm³/mol. The molecule has 0 atom stereocenters. The lowest BCUT2D eigenvalue weighted by Gasteiger charge is -2.25. The first-order valence-electron chi connectivity index (χ1n) is 11.6. The monoisotopic (exact) mass is 474 g/mol. The summed E-state index contributed by atoms with van der Waals surface area (Å²) in [7, 11) is 0. The first-order chi connectivity index (χ1) is 16.5. The third-order valence-corrected chi connectivity index (χ3v) is 7.25. The molecule has 0 radical (unpaired) electrons. The fourth-order valence-electron chi connectivity index (χ4n) is 4.40. The number of amides is 3. The largest absolute Gasteiger partial charge is 0.298 e. The minimum Gasteiger partial charge on any atom is -0.298 e. The van der Waals surface area contributed by atoms with E-state index in [-0.39, 0.29) is 17.7 Å². The number of fused-ring (bicyclic) bond motifs is 2. The molecule has 3 amide bonds. The maximum absolute atomic E-state index is 12.9. The second kappa shape index (κ2) is 9.48. The number of thiazole rings is 1. The molecule has 3 aromatic rings. The molecule has 0 aliphatic carbocycles. The molecule has 1 aromatic heterocycles. The van der Waals surface area contributed by atoms with Crippen LogP contribution in [0.2, 0.25) is 0 Å². The number of aromatic nitrogens is 1. The molecule has 8 heteroatoms. The van der Waals surface area contributed by atoms with Gasteiger partial charge in [0.1, 0.15) is 0 Å². The predicted octanol–water partition coefficient (Wildman–Crippen LogP) is 4.35. The fourth-order valence-corrected chi connectivity index (χ4v) is 5.44. The highest BCUT2D eigenvalue weighted by molar-refractivity contribution is 7.15. The molecule has 174 valence electrons. The van der Waals surface area contributed by atoms with Crippen molar-refractivity contribution in [2.45, 2.75) is 39.3 Å². The van der Waals surface area contributed by atoms with E-state index in [4.69, 9.17) is 0 Å². The van der Waals surface area contributed by atoms with Crippen LogP contribution in [0.15, 0.2) is 48.5 Å². The van der Waals surface area contributed by atoms with Gasteiger partial charge in [0.2, 0.25) is 0 Å². The zero-order valence-electron chi connectivity index (χ0n) is 19.0. The topological polar surface area (TPSA) is 82.6 Å². The van der Waals surface area contributed by atoms with Gasteiger partial charge in [0, 0.05) is 43.0 Å². The van der Waals surface area contributed by atoms with E-state index in [0.717, 1.165) is 44.6 Å². The van der Waals surface area contributed by atoms with E-state index in [1.54, 1.807) is 12.1 Å². The number of carbonyl (C=O) groups excluding carboxylic acids is 3. The van der Waals surface area contributed by atoms with Crippen LogP contribution in [0.3, 0.4) is 0 Å². The van der Waals surface area contributed by atoms with Gasteiger partial charge in [0.25, 0.3) is 17.7 Å². The Labute approximate surface area is 202 Å². The Morgan fingerprint density at radius 3 is 2.68 bits per heavy atom. The Morgan fingerprint density at radius 2 is 1.88 bits per heavy atom. The molecule has 0 saturated heterocycles. The van der Waals surface area contributed by atoms with Gasteiger partial charge in [-0.05, 0) is 30.2 Å². The van der Waals surface area contributed by atoms with Crippen LogP contribution in [0.1, 0.15) is 67.0 Å². The molecule has 0 unspecified atom stereocenters. The van der Waals surface area contributed by atoms with Gasteiger partial charge in [-0.1, -0.05) is 43.7 Å². The van der Waals surface area contributed by atoms with Crippen molar-refractivity contribution in [1.82, 2.24) is 14.8 Å². The third kappa shape index (κ3) is 4.38. The normalized spacial score (nSPS) is 15.4. The number of hydrogen-bond donors (Lipinski definition) is 1. The molecular weight excluding hydrogens is 448 g/mol. The van der Waals surface area contributed by atoms with Crippen LogP contribution in [0.4, 0.5) is 5.13 Å². The molecule has 3 heterocycles. The molecule has 0 spiro atoms. The number of nitrogens with zero attached hydrogens (tertiary/aromatic N) is 3. The van der Waals surface area contributed by atoms with E-state index in [1.807, 2.05) is 13.0 Å². The average Bonchev–Trinajstić information content (AvgIpc) is 3.35. The Bertz CT molecular complexity index is 1250. The molecule has 34 heavy (non-hydrogen) atoms. The number of unbranched alkanes of at least 4 members (excludes halogenated alkanes) is 1. The SMILES string of the molecule is CCCCN1C(=O)c2ccc(C(=O)Nc3nc4c(s3)CN(Cc3ccccc3)CC4)cc2C1=O. The summed E-state index contributed by atoms with van der Waals surface area (Å²) < 4.78 is 0. The van der Waals surface area contributed by atoms with Gasteiger partial charge in [-0.25, -0.2) is 4.98 Å². The molecule has 5 rings (SSSR count). The van der Waals surface area contributed by atoms with E-state index >= 15 is 0 Å². The highest BCUT2D eigenvalue weighted by atomic mass is 32.1. The van der Waals surface area contributed by atoms with Crippen LogP contribution in [0.5, 0.6) is 0 Å². The smallest absolute Gasteiger partial charge is 0.261 e. The molecule has 0 fully saturated rings. The van der Waals surface area contributed by atoms with Crippen LogP contribution >= 0.6 is 11.3 Å². The van der Waals surface area contributed by atoms with Crippen LogP contribution in [0, 0.1) is 0 Å². The average molecular weight is 475 g/mol. The number of imide groups is 1. The van der Waals surface area contributed by atoms with Crippen LogP contribution in [0.25, 0.3) is 0 Å². The molecule has 0 bridgehead atoms. The van der Waals surface area contributed by atoms with Crippen molar-refractivity contribution in [3.05, 3.63) is 81.4 Å². The first-order valence-corrected chi connectivity index (χ1v) is 12.4. The molecular formula is C26H26N4O3S. The van der Waals surface area contributed by atoms with Crippen molar-refractivity contribution in [3.8, 4) is 0 Å². The van der Waals surface area contributed by atoms with Crippen molar-refractivity contribution in [2.75, 3.05) is 18.4 Å². The highest BCUT2D eigenvalue weighted by Crippen LogP contribution is 2.30. The Balaban J connectivity index is 1.26. The number of anilines is 1. The number of carbonyl (C=O) groups is 3. The van der Waals surface area contributed by atoms with Crippen LogP contribution < -0.4 is 5.32 Å². The maximum atomic E-state index is 12.9. The summed E-state index contributed by atoms with van der Waals surface area (Å²) in [4.78, 5) is 47.6. The zero-order valence-corrected chi connectivity index (χ0v) is 19.9. The molecule has 2 aliphatic rings. The summed E-state index contributed by atoms with van der Waals surface area (Å²) in [5, 5.41) is 3.44. The first kappa shape index (κ1) is 22.4. The van der Waals surface area contributed by atoms with E-state index in [2.05, 4.69) is 39.5 Å². The second-order valence-electron chi connectivity index (χ2n) is 8.67. The van der Waals surface area contributed by atoms with Gasteiger partial charge in [-0.2, -0.15) is 0 Å². The number of nitrogens with one attached hydrogen (secondary N) is 1. The van der Waals surface area contributed by atoms with Gasteiger partial charge >= 0.3 is 0 Å². The summed E-state index contributed by atoms with van der Waals surface area (Å²) in [6.45, 7) is 5.03. The summed E-state index contributed by atoms with van der Waals surface area (Å²) in [6.07, 6.45) is 2.50. The highest BCUT2D eigenvalue weighted by Gasteiger charge is 2.35. The lowest BCUT2D eigenvalue weighted by atomic mass is 10.1. The zero-order chi connectivity index (χ0) is 23.7. The van der Waals surface area contributed by atoms with E-state index in [9.17, 15) is 14.4 Å². The summed E-state index contributed by atoms with van der Waals surface area (Å²) in [5.74, 6) is -0.943. The van der Waals surface area contributed by atoms with Gasteiger partial charge in [0.15, 0.2) is 5.13 Å². The van der Waals surface area contributed by atoms with Crippen molar-refractivity contribution >= 4 is 34.2 Å². The van der Waals surface area contributed by atoms with Gasteiger partial charge in [-0.3, -0.25) is 29.5 Å². The minimum absolute atomic E-state index is 0.284. The van der Waals surface area contributed by atoms with Crippen LogP contribution in [-0.4, -0.2) is 45.6 Å². The van der Waals surface area contributed by atoms with Crippen molar-refractivity contribution in [3.63, 3.8) is 0 Å². The Kier molecular flexibility index (Phi) is 6.26. The molecule has 7 nitrogen and oxygen atoms in total. The number of hydrogen-bond acceptors (Lipinski definition) is 6. The molecule has 2 aromatic carbocycles. The van der Waals surface area contributed by atoms with E-state index in [0.29, 0.717) is 28.4 Å². The quantitative estimate of drug-likeness (QED) is 0.515. The van der Waals surface area contributed by atoms with Crippen molar-refractivity contribution < 1.29 is 14.4 Å². The Morgan fingerprint density at radius 1 is 1.09 bits per heavy atom. The third-order valence-electron chi connectivity index (χ3n) is 6.25. The number of benzene rings is 2. The summed E-state index contributed by atoms with van der Waals surface area (Å²) in [6, 6.07) is 15.1. The number of rotatable bonds is 7. The summed E-state index contributed by atoms with van der Waals surface area (Å²) >= 11 is 1.49. The molecule has 0 saturated carbocycles. The minimum atomic E-state index is -0.331. The van der Waals surface area contributed by atoms with E-state index < -0.39 is 0 Å². The van der Waals surface area contributed by atoms with Crippen molar-refractivity contribution in [1.29, 1.82) is 0 Å². The van der Waals surface area contributed by atoms with Crippen molar-refractivity contribution in [2.24, 2.45) is 0 Å². The Hall–Kier alpha value is -3.36. The standard InChI is InChI=1S/C26H26N4O3S/c1-2-3-12-30-24(32)19-10-9-18(14-20(19)25(30)33)23(31)28-26-27-21-11-13-29(16-22(21)34-26)15-17-7-5-4-6-8-17/h4-10,14H,2-3,11-13,15-16H2,1H3,(H,27,28,31).